The van der Waals surface area contributed by atoms with Crippen molar-refractivity contribution in [3.63, 3.8) is 0 Å². The second kappa shape index (κ2) is 15.5. The summed E-state index contributed by atoms with van der Waals surface area (Å²) < 4.78 is 33.9. The molecule has 230 valence electrons. The largest absolute Gasteiger partial charge is 0.445 e. The molecule has 1 amide bonds. The fourth-order valence-corrected chi connectivity index (χ4v) is 7.09. The molecule has 1 aliphatic heterocycles. The maximum atomic E-state index is 13.4. The number of sulfonamides is 1. The van der Waals surface area contributed by atoms with Crippen molar-refractivity contribution in [3.05, 3.63) is 114 Å². The zero-order chi connectivity index (χ0) is 30.7. The van der Waals surface area contributed by atoms with Crippen molar-refractivity contribution in [1.29, 1.82) is 0 Å². The van der Waals surface area contributed by atoms with E-state index in [1.165, 1.54) is 9.84 Å². The topological polar surface area (TPSA) is 70.2 Å². The Hall–Kier alpha value is -3.17. The number of piperidine rings is 1. The number of amides is 1. The molecule has 0 aromatic heterocycles. The number of likely N-dealkylation sites (N-methyl/N-ethyl adjacent to an activating group) is 1. The van der Waals surface area contributed by atoms with Gasteiger partial charge in [-0.2, -0.15) is 0 Å². The highest BCUT2D eigenvalue weighted by atomic mass is 35.5. The molecule has 43 heavy (non-hydrogen) atoms. The van der Waals surface area contributed by atoms with Crippen molar-refractivity contribution in [2.24, 2.45) is 0 Å². The zero-order valence-corrected chi connectivity index (χ0v) is 26.6. The molecule has 0 radical (unpaired) electrons. The van der Waals surface area contributed by atoms with Crippen LogP contribution in [0.15, 0.2) is 108 Å². The Bertz CT molecular complexity index is 1420. The van der Waals surface area contributed by atoms with Gasteiger partial charge in [0.1, 0.15) is 6.61 Å². The first-order valence-corrected chi connectivity index (χ1v) is 16.6. The number of ether oxygens (including phenoxy) is 1. The molecule has 0 bridgehead atoms. The summed E-state index contributed by atoms with van der Waals surface area (Å²) in [4.78, 5) is 17.5. The summed E-state index contributed by atoms with van der Waals surface area (Å²) in [6.07, 6.45) is 3.86. The Labute approximate surface area is 261 Å². The van der Waals surface area contributed by atoms with E-state index in [1.54, 1.807) is 42.3 Å². The minimum atomic E-state index is -3.62. The lowest BCUT2D eigenvalue weighted by atomic mass is 9.79. The summed E-state index contributed by atoms with van der Waals surface area (Å²) in [5.41, 5.74) is 3.10. The van der Waals surface area contributed by atoms with Crippen LogP contribution < -0.4 is 0 Å². The summed E-state index contributed by atoms with van der Waals surface area (Å²) >= 11 is 5.81. The van der Waals surface area contributed by atoms with Gasteiger partial charge in [0.05, 0.1) is 4.90 Å². The summed E-state index contributed by atoms with van der Waals surface area (Å²) in [5.74, 6) is 0. The number of rotatable bonds is 13. The van der Waals surface area contributed by atoms with Crippen LogP contribution in [-0.2, 0) is 26.8 Å². The number of hydrogen-bond donors (Lipinski definition) is 0. The normalized spacial score (nSPS) is 16.3. The van der Waals surface area contributed by atoms with E-state index < -0.39 is 15.4 Å². The second-order valence-corrected chi connectivity index (χ2v) is 13.7. The Morgan fingerprint density at radius 3 is 2.16 bits per heavy atom. The third-order valence-electron chi connectivity index (χ3n) is 8.30. The van der Waals surface area contributed by atoms with Crippen LogP contribution in [0.3, 0.4) is 0 Å². The molecule has 3 aromatic rings. The van der Waals surface area contributed by atoms with Gasteiger partial charge in [-0.3, -0.25) is 0 Å². The van der Waals surface area contributed by atoms with Crippen molar-refractivity contribution in [1.82, 2.24) is 14.1 Å². The van der Waals surface area contributed by atoms with Crippen LogP contribution in [0.4, 0.5) is 4.79 Å². The van der Waals surface area contributed by atoms with Crippen molar-refractivity contribution in [2.75, 3.05) is 39.8 Å². The predicted octanol–water partition coefficient (Wildman–Crippen LogP) is 6.51. The third kappa shape index (κ3) is 8.92. The zero-order valence-electron chi connectivity index (χ0n) is 25.0. The monoisotopic (exact) mass is 623 g/mol. The van der Waals surface area contributed by atoms with Gasteiger partial charge in [0, 0.05) is 50.2 Å². The third-order valence-corrected chi connectivity index (χ3v) is 10.3. The SMILES string of the molecule is CN(CC(C)(CCN1CCC(N(CC=CCl)C(=O)OCc2ccccc2)CC1)c1ccccc1)S(=O)(=O)c1ccccc1. The summed E-state index contributed by atoms with van der Waals surface area (Å²) in [6.45, 7) is 5.62. The van der Waals surface area contributed by atoms with Gasteiger partial charge < -0.3 is 14.5 Å². The van der Waals surface area contributed by atoms with E-state index in [1.807, 2.05) is 54.6 Å². The van der Waals surface area contributed by atoms with Crippen molar-refractivity contribution >= 4 is 27.7 Å². The number of benzene rings is 3. The molecule has 0 spiro atoms. The molecule has 0 N–H and O–H groups in total. The molecule has 1 aliphatic rings. The van der Waals surface area contributed by atoms with Gasteiger partial charge in [-0.25, -0.2) is 17.5 Å². The molecule has 0 aliphatic carbocycles. The van der Waals surface area contributed by atoms with Crippen molar-refractivity contribution in [3.8, 4) is 0 Å². The summed E-state index contributed by atoms with van der Waals surface area (Å²) in [6, 6.07) is 28.5. The fraction of sp³-hybridized carbons (Fsp3) is 0.382. The highest BCUT2D eigenvalue weighted by molar-refractivity contribution is 7.89. The number of likely N-dealkylation sites (tertiary alicyclic amines) is 1. The van der Waals surface area contributed by atoms with Gasteiger partial charge in [0.15, 0.2) is 0 Å². The van der Waals surface area contributed by atoms with E-state index in [4.69, 9.17) is 16.3 Å². The van der Waals surface area contributed by atoms with E-state index in [-0.39, 0.29) is 18.7 Å². The van der Waals surface area contributed by atoms with E-state index in [0.29, 0.717) is 18.0 Å². The average molecular weight is 624 g/mol. The number of nitrogens with zero attached hydrogens (tertiary/aromatic N) is 3. The minimum Gasteiger partial charge on any atom is -0.445 e. The highest BCUT2D eigenvalue weighted by Gasteiger charge is 2.34. The molecular formula is C34H42ClN3O4S. The van der Waals surface area contributed by atoms with Gasteiger partial charge in [-0.05, 0) is 49.1 Å². The molecular weight excluding hydrogens is 582 g/mol. The first kappa shape index (κ1) is 32.7. The summed E-state index contributed by atoms with van der Waals surface area (Å²) in [7, 11) is -1.96. The molecule has 1 heterocycles. The van der Waals surface area contributed by atoms with Crippen LogP contribution in [-0.4, -0.2) is 74.4 Å². The van der Waals surface area contributed by atoms with E-state index in [9.17, 15) is 13.2 Å². The molecule has 1 fully saturated rings. The Morgan fingerprint density at radius 1 is 0.977 bits per heavy atom. The molecule has 4 rings (SSSR count). The average Bonchev–Trinajstić information content (AvgIpc) is 3.05. The van der Waals surface area contributed by atoms with Crippen molar-refractivity contribution < 1.29 is 17.9 Å². The maximum absolute atomic E-state index is 13.4. The van der Waals surface area contributed by atoms with Crippen LogP contribution >= 0.6 is 11.6 Å². The second-order valence-electron chi connectivity index (χ2n) is 11.4. The minimum absolute atomic E-state index is 0.0510. The van der Waals surface area contributed by atoms with Gasteiger partial charge in [-0.1, -0.05) is 103 Å². The quantitative estimate of drug-likeness (QED) is 0.217. The Balaban J connectivity index is 1.38. The summed E-state index contributed by atoms with van der Waals surface area (Å²) in [5, 5.41) is 0. The van der Waals surface area contributed by atoms with Crippen LogP contribution in [0.1, 0.15) is 37.3 Å². The van der Waals surface area contributed by atoms with Gasteiger partial charge in [0.25, 0.3) is 0 Å². The molecule has 1 unspecified atom stereocenters. The number of hydrogen-bond acceptors (Lipinski definition) is 5. The lowest BCUT2D eigenvalue weighted by molar-refractivity contribution is 0.0646. The van der Waals surface area contributed by atoms with Crippen LogP contribution in [0.25, 0.3) is 0 Å². The molecule has 1 saturated heterocycles. The smallest absolute Gasteiger partial charge is 0.410 e. The molecule has 7 nitrogen and oxygen atoms in total. The molecule has 0 saturated carbocycles. The van der Waals surface area contributed by atoms with E-state index >= 15 is 0 Å². The van der Waals surface area contributed by atoms with E-state index in [2.05, 4.69) is 24.0 Å². The molecule has 1 atom stereocenters. The molecule has 9 heteroatoms. The molecule has 3 aromatic carbocycles. The lowest BCUT2D eigenvalue weighted by Gasteiger charge is -2.40. The van der Waals surface area contributed by atoms with Crippen molar-refractivity contribution in [2.45, 2.75) is 49.1 Å². The Kier molecular flexibility index (Phi) is 11.8. The highest BCUT2D eigenvalue weighted by Crippen LogP contribution is 2.31. The van der Waals surface area contributed by atoms with Crippen LogP contribution in [0.5, 0.6) is 0 Å². The van der Waals surface area contributed by atoms with Crippen LogP contribution in [0, 0.1) is 0 Å². The van der Waals surface area contributed by atoms with E-state index in [0.717, 1.165) is 50.0 Å². The van der Waals surface area contributed by atoms with Gasteiger partial charge in [-0.15, -0.1) is 0 Å². The standard InChI is InChI=1S/C34H42ClN3O4S/c1-34(30-15-8-4-9-16-30,28-36(2)43(40,41)32-17-10-5-11-18-32)21-26-37-24-19-31(20-25-37)38(23-12-22-35)33(39)42-27-29-13-6-3-7-14-29/h3-18,22,31H,19-21,23-28H2,1-2H3. The predicted molar refractivity (Wildman–Crippen MR) is 172 cm³/mol. The Morgan fingerprint density at radius 2 is 1.56 bits per heavy atom. The number of carbonyl (C=O) groups is 1. The maximum Gasteiger partial charge on any atom is 0.410 e. The first-order chi connectivity index (χ1) is 20.7. The first-order valence-electron chi connectivity index (χ1n) is 14.7. The lowest BCUT2D eigenvalue weighted by Crippen LogP contribution is -2.48. The van der Waals surface area contributed by atoms with Crippen LogP contribution in [0.2, 0.25) is 0 Å². The number of halogens is 1. The fourth-order valence-electron chi connectivity index (χ4n) is 5.69. The van der Waals surface area contributed by atoms with Gasteiger partial charge in [0.2, 0.25) is 10.0 Å². The van der Waals surface area contributed by atoms with Gasteiger partial charge >= 0.3 is 6.09 Å². The number of carbonyl (C=O) groups excluding carboxylic acids is 1.